The number of hydrogen-bond acceptors (Lipinski definition) is 2. The van der Waals surface area contributed by atoms with Gasteiger partial charge in [-0.05, 0) is 38.3 Å². The summed E-state index contributed by atoms with van der Waals surface area (Å²) in [6.45, 7) is 10.0. The van der Waals surface area contributed by atoms with Gasteiger partial charge in [-0.15, -0.1) is 24.0 Å². The minimum absolute atomic E-state index is 0. The third-order valence-corrected chi connectivity index (χ3v) is 4.27. The van der Waals surface area contributed by atoms with Crippen molar-refractivity contribution in [3.63, 3.8) is 0 Å². The van der Waals surface area contributed by atoms with Crippen LogP contribution in [0.25, 0.3) is 0 Å². The monoisotopic (exact) mass is 424 g/mol. The van der Waals surface area contributed by atoms with E-state index < -0.39 is 0 Å². The second-order valence-corrected chi connectivity index (χ2v) is 6.38. The number of guanidine groups is 1. The van der Waals surface area contributed by atoms with Gasteiger partial charge < -0.3 is 16.0 Å². The van der Waals surface area contributed by atoms with Gasteiger partial charge in [-0.3, -0.25) is 4.99 Å². The van der Waals surface area contributed by atoms with Crippen LogP contribution >= 0.6 is 24.0 Å². The molecule has 0 spiro atoms. The fourth-order valence-corrected chi connectivity index (χ4v) is 2.99. The number of nitrogens with two attached hydrogens (primary N) is 1. The van der Waals surface area contributed by atoms with Crippen molar-refractivity contribution in [2.24, 2.45) is 16.6 Å². The molecule has 0 aromatic heterocycles. The molecule has 1 rings (SSSR count). The fraction of sp³-hybridized carbons (Fsp3) is 0.941. The van der Waals surface area contributed by atoms with Crippen molar-refractivity contribution >= 4 is 29.9 Å². The normalized spacial score (nSPS) is 19.2. The third kappa shape index (κ3) is 10.6. The molecule has 0 aromatic rings. The van der Waals surface area contributed by atoms with Gasteiger partial charge in [0.25, 0.3) is 0 Å². The lowest BCUT2D eigenvalue weighted by Gasteiger charge is -2.13. The van der Waals surface area contributed by atoms with Crippen LogP contribution < -0.4 is 11.1 Å². The lowest BCUT2D eigenvalue weighted by Crippen LogP contribution is -2.33. The van der Waals surface area contributed by atoms with Crippen LogP contribution in [0.1, 0.15) is 65.2 Å². The summed E-state index contributed by atoms with van der Waals surface area (Å²) in [4.78, 5) is 7.05. The molecule has 1 aliphatic rings. The number of aliphatic imine (C=N–C) groups is 1. The van der Waals surface area contributed by atoms with E-state index in [4.69, 9.17) is 5.73 Å². The highest BCUT2D eigenvalue weighted by atomic mass is 127. The molecule has 22 heavy (non-hydrogen) atoms. The van der Waals surface area contributed by atoms with Crippen LogP contribution in [0.2, 0.25) is 0 Å². The summed E-state index contributed by atoms with van der Waals surface area (Å²) in [5.41, 5.74) is 5.93. The molecule has 0 aliphatic carbocycles. The second-order valence-electron chi connectivity index (χ2n) is 6.38. The van der Waals surface area contributed by atoms with E-state index in [9.17, 15) is 0 Å². The lowest BCUT2D eigenvalue weighted by molar-refractivity contribution is 0.326. The Morgan fingerprint density at radius 2 is 1.86 bits per heavy atom. The molecule has 1 atom stereocenters. The molecule has 0 bridgehead atoms. The Kier molecular flexibility index (Phi) is 14.5. The summed E-state index contributed by atoms with van der Waals surface area (Å²) in [6.07, 6.45) is 10.4. The smallest absolute Gasteiger partial charge is 0.188 e. The van der Waals surface area contributed by atoms with E-state index in [2.05, 4.69) is 29.1 Å². The Morgan fingerprint density at radius 1 is 1.14 bits per heavy atom. The Balaban J connectivity index is 0.00000441. The van der Waals surface area contributed by atoms with Gasteiger partial charge in [-0.1, -0.05) is 46.0 Å². The molecule has 1 heterocycles. The fourth-order valence-electron chi connectivity index (χ4n) is 2.99. The van der Waals surface area contributed by atoms with Crippen LogP contribution in [0.3, 0.4) is 0 Å². The van der Waals surface area contributed by atoms with Gasteiger partial charge in [0.05, 0.1) is 0 Å². The molecule has 3 N–H and O–H groups in total. The summed E-state index contributed by atoms with van der Waals surface area (Å²) in [5, 5.41) is 3.25. The first kappa shape index (κ1) is 22.0. The Morgan fingerprint density at radius 3 is 2.59 bits per heavy atom. The van der Waals surface area contributed by atoms with Crippen LogP contribution in [-0.4, -0.2) is 43.6 Å². The molecule has 5 heteroatoms. The van der Waals surface area contributed by atoms with Crippen molar-refractivity contribution in [2.45, 2.75) is 65.2 Å². The first-order chi connectivity index (χ1) is 10.3. The number of rotatable bonds is 11. The van der Waals surface area contributed by atoms with Crippen molar-refractivity contribution in [1.29, 1.82) is 0 Å². The van der Waals surface area contributed by atoms with E-state index in [1.807, 2.05) is 0 Å². The molecule has 132 valence electrons. The van der Waals surface area contributed by atoms with Gasteiger partial charge in [0.2, 0.25) is 0 Å². The minimum atomic E-state index is 0. The third-order valence-electron chi connectivity index (χ3n) is 4.27. The Labute approximate surface area is 154 Å². The van der Waals surface area contributed by atoms with Gasteiger partial charge >= 0.3 is 0 Å². The topological polar surface area (TPSA) is 53.6 Å². The number of nitrogens with one attached hydrogen (secondary N) is 1. The standard InChI is InChI=1S/C17H36N4.HI/c1-3-5-6-7-8-9-11-19-17(18)20-14-16-10-13-21(15-16)12-4-2;/h16H,3-15H2,1-2H3,(H3,18,19,20);1H. The minimum Gasteiger partial charge on any atom is -0.370 e. The summed E-state index contributed by atoms with van der Waals surface area (Å²) >= 11 is 0. The molecular weight excluding hydrogens is 387 g/mol. The second kappa shape index (κ2) is 14.5. The van der Waals surface area contributed by atoms with E-state index in [1.165, 1.54) is 71.0 Å². The van der Waals surface area contributed by atoms with E-state index in [0.717, 1.165) is 13.1 Å². The van der Waals surface area contributed by atoms with Crippen LogP contribution in [0.15, 0.2) is 4.99 Å². The molecule has 0 aromatic carbocycles. The maximum absolute atomic E-state index is 5.93. The summed E-state index contributed by atoms with van der Waals surface area (Å²) < 4.78 is 0. The van der Waals surface area contributed by atoms with Gasteiger partial charge in [-0.25, -0.2) is 0 Å². The SMILES string of the molecule is CCCCCCCCNC(N)=NCC1CCN(CCC)C1.I. The molecule has 1 aliphatic heterocycles. The van der Waals surface area contributed by atoms with Crippen molar-refractivity contribution in [2.75, 3.05) is 32.7 Å². The number of unbranched alkanes of at least 4 members (excludes halogenated alkanes) is 5. The van der Waals surface area contributed by atoms with Crippen molar-refractivity contribution < 1.29 is 0 Å². The zero-order chi connectivity index (χ0) is 15.3. The molecule has 1 saturated heterocycles. The molecule has 0 radical (unpaired) electrons. The first-order valence-electron chi connectivity index (χ1n) is 9.02. The molecule has 1 fully saturated rings. The Bertz CT molecular complexity index is 284. The van der Waals surface area contributed by atoms with Gasteiger partial charge in [0.15, 0.2) is 5.96 Å². The quantitative estimate of drug-likeness (QED) is 0.231. The average Bonchev–Trinajstić information content (AvgIpc) is 2.92. The zero-order valence-electron chi connectivity index (χ0n) is 14.6. The number of nitrogens with zero attached hydrogens (tertiary/aromatic N) is 2. The molecule has 0 amide bonds. The van der Waals surface area contributed by atoms with E-state index >= 15 is 0 Å². The number of hydrogen-bond donors (Lipinski definition) is 2. The highest BCUT2D eigenvalue weighted by molar-refractivity contribution is 14.0. The van der Waals surface area contributed by atoms with E-state index in [-0.39, 0.29) is 24.0 Å². The molecular formula is C17H37IN4. The summed E-state index contributed by atoms with van der Waals surface area (Å²) in [7, 11) is 0. The maximum atomic E-state index is 5.93. The first-order valence-corrected chi connectivity index (χ1v) is 9.02. The number of halogens is 1. The van der Waals surface area contributed by atoms with Crippen LogP contribution in [0.5, 0.6) is 0 Å². The van der Waals surface area contributed by atoms with Crippen molar-refractivity contribution in [1.82, 2.24) is 10.2 Å². The molecule has 4 nitrogen and oxygen atoms in total. The largest absolute Gasteiger partial charge is 0.370 e. The summed E-state index contributed by atoms with van der Waals surface area (Å²) in [5.74, 6) is 1.34. The van der Waals surface area contributed by atoms with Crippen LogP contribution in [0.4, 0.5) is 0 Å². The predicted molar refractivity (Wildman–Crippen MR) is 108 cm³/mol. The van der Waals surface area contributed by atoms with E-state index in [0.29, 0.717) is 11.9 Å². The maximum Gasteiger partial charge on any atom is 0.188 e. The Hall–Kier alpha value is -0.0400. The summed E-state index contributed by atoms with van der Waals surface area (Å²) in [6, 6.07) is 0. The lowest BCUT2D eigenvalue weighted by atomic mass is 10.1. The van der Waals surface area contributed by atoms with Crippen LogP contribution in [0, 0.1) is 5.92 Å². The van der Waals surface area contributed by atoms with Crippen molar-refractivity contribution in [3.05, 3.63) is 0 Å². The highest BCUT2D eigenvalue weighted by Crippen LogP contribution is 2.16. The van der Waals surface area contributed by atoms with Gasteiger partial charge in [0.1, 0.15) is 0 Å². The van der Waals surface area contributed by atoms with Crippen LogP contribution in [-0.2, 0) is 0 Å². The van der Waals surface area contributed by atoms with Crippen molar-refractivity contribution in [3.8, 4) is 0 Å². The number of likely N-dealkylation sites (tertiary alicyclic amines) is 1. The predicted octanol–water partition coefficient (Wildman–Crippen LogP) is 3.60. The van der Waals surface area contributed by atoms with E-state index in [1.54, 1.807) is 0 Å². The molecule has 1 unspecified atom stereocenters. The zero-order valence-corrected chi connectivity index (χ0v) is 17.0. The molecule has 0 saturated carbocycles. The van der Waals surface area contributed by atoms with Gasteiger partial charge in [-0.2, -0.15) is 0 Å². The average molecular weight is 424 g/mol. The highest BCUT2D eigenvalue weighted by Gasteiger charge is 2.21. The van der Waals surface area contributed by atoms with Gasteiger partial charge in [0, 0.05) is 19.6 Å².